The molecule has 3 N–H and O–H groups in total. The average Bonchev–Trinajstić information content (AvgIpc) is 3.20. The van der Waals surface area contributed by atoms with Gasteiger partial charge in [0.15, 0.2) is 6.10 Å². The van der Waals surface area contributed by atoms with Gasteiger partial charge < -0.3 is 20.1 Å². The molecule has 2 unspecified atom stereocenters. The number of carbonyl (C=O) groups is 2. The number of phosphoric ester groups is 1. The van der Waals surface area contributed by atoms with Gasteiger partial charge in [-0.2, -0.15) is 0 Å². The van der Waals surface area contributed by atoms with Crippen LogP contribution in [-0.2, 0) is 32.7 Å². The summed E-state index contributed by atoms with van der Waals surface area (Å²) < 4.78 is 32.8. The summed E-state index contributed by atoms with van der Waals surface area (Å²) in [6.45, 7) is 3.68. The van der Waals surface area contributed by atoms with Crippen molar-refractivity contribution >= 4 is 19.8 Å². The Morgan fingerprint density at radius 3 is 1.39 bits per heavy atom. The number of allylic oxidation sites excluding steroid dienone is 8. The molecule has 0 bridgehead atoms. The van der Waals surface area contributed by atoms with Crippen molar-refractivity contribution in [1.82, 2.24) is 0 Å². The molecule has 0 aliphatic rings. The summed E-state index contributed by atoms with van der Waals surface area (Å²) in [5.74, 6) is -0.860. The van der Waals surface area contributed by atoms with Gasteiger partial charge in [0.1, 0.15) is 6.61 Å². The molecule has 57 heavy (non-hydrogen) atoms. The van der Waals surface area contributed by atoms with Crippen LogP contribution in [0.5, 0.6) is 0 Å². The summed E-state index contributed by atoms with van der Waals surface area (Å²) in [6, 6.07) is 0. The second-order valence-corrected chi connectivity index (χ2v) is 16.7. The van der Waals surface area contributed by atoms with E-state index >= 15 is 0 Å². The lowest BCUT2D eigenvalue weighted by Gasteiger charge is -2.19. The fourth-order valence-electron chi connectivity index (χ4n) is 6.27. The van der Waals surface area contributed by atoms with Gasteiger partial charge in [0, 0.05) is 19.4 Å². The number of nitrogens with two attached hydrogens (primary N) is 1. The van der Waals surface area contributed by atoms with Crippen molar-refractivity contribution in [2.24, 2.45) is 5.73 Å². The molecule has 0 aliphatic carbocycles. The first kappa shape index (κ1) is 55.0. The van der Waals surface area contributed by atoms with E-state index in [1.807, 2.05) is 0 Å². The molecule has 0 aromatic carbocycles. The number of hydrogen-bond acceptors (Lipinski definition) is 8. The van der Waals surface area contributed by atoms with E-state index < -0.39 is 26.5 Å². The Balaban J connectivity index is 4.18. The second-order valence-electron chi connectivity index (χ2n) is 15.3. The molecule has 2 atom stereocenters. The van der Waals surface area contributed by atoms with E-state index in [2.05, 4.69) is 62.5 Å². The maximum atomic E-state index is 12.6. The fourth-order valence-corrected chi connectivity index (χ4v) is 7.03. The van der Waals surface area contributed by atoms with Gasteiger partial charge in [-0.05, 0) is 57.8 Å². The highest BCUT2D eigenvalue weighted by Crippen LogP contribution is 2.43. The van der Waals surface area contributed by atoms with Crippen molar-refractivity contribution in [2.45, 2.75) is 213 Å². The number of rotatable bonds is 43. The number of carbonyl (C=O) groups excluding carboxylic acids is 2. The van der Waals surface area contributed by atoms with Crippen LogP contribution in [-0.4, -0.2) is 49.3 Å². The smallest absolute Gasteiger partial charge is 0.462 e. The van der Waals surface area contributed by atoms with E-state index in [-0.39, 0.29) is 38.6 Å². The van der Waals surface area contributed by atoms with Crippen LogP contribution in [0.4, 0.5) is 0 Å². The van der Waals surface area contributed by atoms with Crippen molar-refractivity contribution in [2.75, 3.05) is 26.4 Å². The van der Waals surface area contributed by atoms with Crippen molar-refractivity contribution in [3.8, 4) is 0 Å². The Labute approximate surface area is 349 Å². The van der Waals surface area contributed by atoms with Crippen LogP contribution >= 0.6 is 7.82 Å². The highest BCUT2D eigenvalue weighted by Gasteiger charge is 2.26. The summed E-state index contributed by atoms with van der Waals surface area (Å²) in [5, 5.41) is 0. The summed E-state index contributed by atoms with van der Waals surface area (Å²) >= 11 is 0. The third-order valence-corrected chi connectivity index (χ3v) is 10.7. The SMILES string of the molecule is CCCCCC=CCC=CCC=CCC=CCCCCCC(=O)OC(COC(=O)CCCCCCCCCCCCCCCCCCC)COP(=O)(O)OCCN. The molecule has 10 heteroatoms. The molecular weight excluding hydrogens is 737 g/mol. The maximum Gasteiger partial charge on any atom is 0.472 e. The third-order valence-electron chi connectivity index (χ3n) is 9.72. The van der Waals surface area contributed by atoms with Crippen LogP contribution in [0, 0.1) is 0 Å². The molecular formula is C47H86NO8P. The molecule has 0 radical (unpaired) electrons. The normalized spacial score (nSPS) is 13.7. The van der Waals surface area contributed by atoms with Crippen LogP contribution in [0.3, 0.4) is 0 Å². The van der Waals surface area contributed by atoms with E-state index in [1.165, 1.54) is 116 Å². The first-order valence-electron chi connectivity index (χ1n) is 23.1. The highest BCUT2D eigenvalue weighted by molar-refractivity contribution is 7.47. The quantitative estimate of drug-likeness (QED) is 0.0267. The Morgan fingerprint density at radius 2 is 0.912 bits per heavy atom. The zero-order valence-corrected chi connectivity index (χ0v) is 37.5. The average molecular weight is 824 g/mol. The predicted molar refractivity (Wildman–Crippen MR) is 238 cm³/mol. The largest absolute Gasteiger partial charge is 0.472 e. The van der Waals surface area contributed by atoms with E-state index in [4.69, 9.17) is 24.3 Å². The summed E-state index contributed by atoms with van der Waals surface area (Å²) in [7, 11) is -4.39. The lowest BCUT2D eigenvalue weighted by molar-refractivity contribution is -0.161. The predicted octanol–water partition coefficient (Wildman–Crippen LogP) is 13.5. The molecule has 332 valence electrons. The monoisotopic (exact) mass is 824 g/mol. The minimum atomic E-state index is -4.39. The maximum absolute atomic E-state index is 12.6. The molecule has 0 rings (SSSR count). The lowest BCUT2D eigenvalue weighted by atomic mass is 10.0. The topological polar surface area (TPSA) is 134 Å². The standard InChI is InChI=1S/C47H86NO8P/c1-3-5-7-9-11-13-15-17-19-21-22-24-26-28-30-32-34-36-38-40-47(50)56-45(44-55-57(51,52)54-42-41-48)43-53-46(49)39-37-35-33-31-29-27-25-23-20-18-16-14-12-10-8-6-4-2/h11,13,17,19,22,24,28,30,45H,3-10,12,14-16,18,20-21,23,25-27,29,31-44,48H2,1-2H3,(H,51,52). The molecule has 9 nitrogen and oxygen atoms in total. The Kier molecular flexibility index (Phi) is 42.0. The van der Waals surface area contributed by atoms with E-state index in [9.17, 15) is 19.0 Å². The number of hydrogen-bond donors (Lipinski definition) is 2. The van der Waals surface area contributed by atoms with Crippen molar-refractivity contribution in [1.29, 1.82) is 0 Å². The number of unbranched alkanes of at least 4 members (excludes halogenated alkanes) is 22. The van der Waals surface area contributed by atoms with Gasteiger partial charge in [-0.25, -0.2) is 4.57 Å². The Hall–Kier alpha value is -2.03. The minimum absolute atomic E-state index is 0.0474. The van der Waals surface area contributed by atoms with Crippen molar-refractivity contribution in [3.63, 3.8) is 0 Å². The minimum Gasteiger partial charge on any atom is -0.462 e. The summed E-state index contributed by atoms with van der Waals surface area (Å²) in [6.07, 6.45) is 50.0. The fraction of sp³-hybridized carbons (Fsp3) is 0.787. The van der Waals surface area contributed by atoms with E-state index in [0.29, 0.717) is 6.42 Å². The van der Waals surface area contributed by atoms with Gasteiger partial charge in [-0.15, -0.1) is 0 Å². The lowest BCUT2D eigenvalue weighted by Crippen LogP contribution is -2.29. The van der Waals surface area contributed by atoms with Gasteiger partial charge in [-0.3, -0.25) is 18.6 Å². The van der Waals surface area contributed by atoms with Gasteiger partial charge in [0.25, 0.3) is 0 Å². The number of ether oxygens (including phenoxy) is 2. The molecule has 0 aromatic rings. The van der Waals surface area contributed by atoms with Crippen molar-refractivity contribution in [3.05, 3.63) is 48.6 Å². The molecule has 0 saturated heterocycles. The van der Waals surface area contributed by atoms with Crippen LogP contribution < -0.4 is 5.73 Å². The van der Waals surface area contributed by atoms with Gasteiger partial charge in [0.2, 0.25) is 0 Å². The first-order valence-corrected chi connectivity index (χ1v) is 24.6. The highest BCUT2D eigenvalue weighted by atomic mass is 31.2. The van der Waals surface area contributed by atoms with Crippen LogP contribution in [0.25, 0.3) is 0 Å². The summed E-state index contributed by atoms with van der Waals surface area (Å²) in [5.41, 5.74) is 5.35. The van der Waals surface area contributed by atoms with Crippen LogP contribution in [0.2, 0.25) is 0 Å². The Morgan fingerprint density at radius 1 is 0.526 bits per heavy atom. The third kappa shape index (κ3) is 43.4. The molecule has 0 spiro atoms. The second kappa shape index (κ2) is 43.5. The van der Waals surface area contributed by atoms with Gasteiger partial charge in [0.05, 0.1) is 13.2 Å². The van der Waals surface area contributed by atoms with Gasteiger partial charge >= 0.3 is 19.8 Å². The molecule has 0 amide bonds. The van der Waals surface area contributed by atoms with E-state index in [0.717, 1.165) is 57.8 Å². The zero-order chi connectivity index (χ0) is 41.8. The number of phosphoric acid groups is 1. The summed E-state index contributed by atoms with van der Waals surface area (Å²) in [4.78, 5) is 34.9. The van der Waals surface area contributed by atoms with Gasteiger partial charge in [-0.1, -0.05) is 184 Å². The number of esters is 2. The van der Waals surface area contributed by atoms with Crippen LogP contribution in [0.1, 0.15) is 206 Å². The Bertz CT molecular complexity index is 1080. The van der Waals surface area contributed by atoms with Crippen molar-refractivity contribution < 1.29 is 37.6 Å². The van der Waals surface area contributed by atoms with E-state index in [1.54, 1.807) is 0 Å². The van der Waals surface area contributed by atoms with Crippen LogP contribution in [0.15, 0.2) is 48.6 Å². The first-order chi connectivity index (χ1) is 27.8. The molecule has 0 aromatic heterocycles. The molecule has 0 saturated carbocycles. The molecule has 0 aliphatic heterocycles. The molecule has 0 heterocycles. The zero-order valence-electron chi connectivity index (χ0n) is 36.6. The molecule has 0 fully saturated rings.